The van der Waals surface area contributed by atoms with Crippen molar-refractivity contribution in [2.24, 2.45) is 0 Å². The molecule has 0 aliphatic carbocycles. The molecule has 23 aromatic rings. The number of benzene rings is 21. The number of para-hydroxylation sites is 6. The Morgan fingerprint density at radius 1 is 0.148 bits per heavy atom. The highest BCUT2D eigenvalue weighted by Crippen LogP contribution is 2.52. The fourth-order valence-corrected chi connectivity index (χ4v) is 19.3. The fourth-order valence-electron chi connectivity index (χ4n) is 19.3. The number of rotatable bonds is 16. The zero-order valence-corrected chi connectivity index (χ0v) is 66.8. The van der Waals surface area contributed by atoms with Crippen molar-refractivity contribution in [3.63, 3.8) is 0 Å². The maximum absolute atomic E-state index is 2.51. The van der Waals surface area contributed by atoms with E-state index in [1.165, 1.54) is 70.6 Å². The lowest BCUT2D eigenvalue weighted by atomic mass is 9.90. The van der Waals surface area contributed by atoms with Crippen molar-refractivity contribution in [1.82, 2.24) is 9.13 Å². The van der Waals surface area contributed by atoms with Crippen LogP contribution < -0.4 is 9.80 Å². The van der Waals surface area contributed by atoms with Gasteiger partial charge in [-0.2, -0.15) is 0 Å². The topological polar surface area (TPSA) is 16.3 Å². The molecular formula is C118H78N4. The molecule has 0 fully saturated rings. The van der Waals surface area contributed by atoms with Gasteiger partial charge < -0.3 is 18.9 Å². The van der Waals surface area contributed by atoms with Crippen LogP contribution in [0.25, 0.3) is 187 Å². The van der Waals surface area contributed by atoms with Gasteiger partial charge in [0.25, 0.3) is 0 Å². The van der Waals surface area contributed by atoms with Crippen molar-refractivity contribution in [3.8, 4) is 100 Å². The van der Waals surface area contributed by atoms with Gasteiger partial charge in [0.2, 0.25) is 0 Å². The molecule has 0 bridgehead atoms. The molecule has 0 amide bonds. The average molecular weight is 1550 g/mol. The van der Waals surface area contributed by atoms with Gasteiger partial charge in [0.1, 0.15) is 0 Å². The molecule has 23 rings (SSSR count). The minimum absolute atomic E-state index is 1.04. The SMILES string of the molecule is c1ccc(-c2cc(-c3ccccc3)cc(N(c3ccccc3-c3cccc(-c4cc(-c5ccc(N(c6ccc(-c7ccc8c(ccc9ccccc98)c7)cc6)c6ccccc6-c6cccc(-c7cccc8c7c7ccccc7n8-c7ccccc7)c6)c6ccccc56)cc5c4c4ccccc4n5-c4ccccc4)c3)c3cccc4ccccc34)c2)cc1. The number of aromatic nitrogens is 2. The zero-order chi connectivity index (χ0) is 80.6. The number of hydrogen-bond acceptors (Lipinski definition) is 2. The maximum Gasteiger partial charge on any atom is 0.0553 e. The lowest BCUT2D eigenvalue weighted by Crippen LogP contribution is -2.12. The van der Waals surface area contributed by atoms with Crippen molar-refractivity contribution in [3.05, 3.63) is 473 Å². The Hall–Kier alpha value is -16.1. The molecule has 0 saturated heterocycles. The second kappa shape index (κ2) is 30.1. The Morgan fingerprint density at radius 3 is 1.17 bits per heavy atom. The van der Waals surface area contributed by atoms with Crippen molar-refractivity contribution in [2.75, 3.05) is 9.80 Å². The van der Waals surface area contributed by atoms with Gasteiger partial charge in [0, 0.05) is 66.2 Å². The van der Waals surface area contributed by atoms with Crippen LogP contribution in [-0.2, 0) is 0 Å². The summed E-state index contributed by atoms with van der Waals surface area (Å²) in [5.74, 6) is 0. The van der Waals surface area contributed by atoms with E-state index >= 15 is 0 Å². The monoisotopic (exact) mass is 1550 g/mol. The Morgan fingerprint density at radius 2 is 0.541 bits per heavy atom. The summed E-state index contributed by atoms with van der Waals surface area (Å²) in [5, 5.41) is 14.4. The van der Waals surface area contributed by atoms with E-state index in [1.807, 2.05) is 0 Å². The van der Waals surface area contributed by atoms with E-state index in [-0.39, 0.29) is 0 Å². The van der Waals surface area contributed by atoms with E-state index in [9.17, 15) is 0 Å². The van der Waals surface area contributed by atoms with Crippen molar-refractivity contribution in [2.45, 2.75) is 0 Å². The first kappa shape index (κ1) is 71.2. The highest BCUT2D eigenvalue weighted by molar-refractivity contribution is 6.20. The van der Waals surface area contributed by atoms with E-state index < -0.39 is 0 Å². The summed E-state index contributed by atoms with van der Waals surface area (Å²) in [4.78, 5) is 5.01. The van der Waals surface area contributed by atoms with Gasteiger partial charge in [-0.1, -0.05) is 346 Å². The van der Waals surface area contributed by atoms with Gasteiger partial charge in [-0.05, 0) is 238 Å². The minimum atomic E-state index is 1.04. The van der Waals surface area contributed by atoms with E-state index in [2.05, 4.69) is 492 Å². The van der Waals surface area contributed by atoms with Gasteiger partial charge in [0.15, 0.2) is 0 Å². The average Bonchev–Trinajstić information content (AvgIpc) is 1.53. The molecule has 0 aliphatic rings. The van der Waals surface area contributed by atoms with Gasteiger partial charge >= 0.3 is 0 Å². The van der Waals surface area contributed by atoms with Crippen LogP contribution >= 0.6 is 0 Å². The number of fused-ring (bicyclic) bond motifs is 11. The second-order valence-electron chi connectivity index (χ2n) is 31.8. The molecule has 570 valence electrons. The van der Waals surface area contributed by atoms with E-state index in [0.29, 0.717) is 0 Å². The van der Waals surface area contributed by atoms with E-state index in [0.717, 1.165) is 151 Å². The normalized spacial score (nSPS) is 11.6. The Kier molecular flexibility index (Phi) is 17.6. The smallest absolute Gasteiger partial charge is 0.0553 e. The van der Waals surface area contributed by atoms with Gasteiger partial charge in [-0.15, -0.1) is 0 Å². The lowest BCUT2D eigenvalue weighted by molar-refractivity contribution is 1.18. The molecule has 0 radical (unpaired) electrons. The minimum Gasteiger partial charge on any atom is -0.309 e. The summed E-state index contributed by atoms with van der Waals surface area (Å²) >= 11 is 0. The van der Waals surface area contributed by atoms with Gasteiger partial charge in [0.05, 0.1) is 44.8 Å². The molecular weight excluding hydrogens is 1470 g/mol. The number of nitrogens with zero attached hydrogens (tertiary/aromatic N) is 4. The van der Waals surface area contributed by atoms with Crippen LogP contribution in [0, 0.1) is 0 Å². The number of hydrogen-bond donors (Lipinski definition) is 0. The molecule has 2 aromatic heterocycles. The zero-order valence-electron chi connectivity index (χ0n) is 66.8. The summed E-state index contributed by atoms with van der Waals surface area (Å²) < 4.78 is 4.88. The van der Waals surface area contributed by atoms with E-state index in [4.69, 9.17) is 0 Å². The van der Waals surface area contributed by atoms with Crippen molar-refractivity contribution < 1.29 is 0 Å². The van der Waals surface area contributed by atoms with Crippen LogP contribution in [0.1, 0.15) is 0 Å². The highest BCUT2D eigenvalue weighted by Gasteiger charge is 2.27. The van der Waals surface area contributed by atoms with Crippen LogP contribution in [0.4, 0.5) is 34.1 Å². The molecule has 4 nitrogen and oxygen atoms in total. The standard InChI is InChI=1S/C118H78N4/c1-5-31-79(32-6-1)90-74-91(80-33-7-2-8-34-80)76-96(75-90)122(111-59-29-37-82-35-14-16-47-100(82)111)110-56-24-20-49-102(110)86-39-28-41-88(73-86)108-77-92(78-116-118(108)107-53-22-26-58-113(107)121(116)94-44-11-4-12-45-94)99-69-70-114(105-51-18-17-50-104(99)105)119(95-66-63-81(64-67-95)84-65-68-98-89(71-84)62-61-83-36-13-15-46-97(83)98)109-55-23-19-48-101(109)85-38-27-40-87(72-85)103-54-30-60-115-117(103)106-52-21-25-57-112(106)120(115)93-42-9-3-10-43-93/h1-78H. The molecule has 0 N–H and O–H groups in total. The molecule has 0 unspecified atom stereocenters. The fraction of sp³-hybridized carbons (Fsp3) is 0. The van der Waals surface area contributed by atoms with Crippen LogP contribution in [0.2, 0.25) is 0 Å². The van der Waals surface area contributed by atoms with Gasteiger partial charge in [-0.3, -0.25) is 0 Å². The third kappa shape index (κ3) is 12.4. The predicted octanol–water partition coefficient (Wildman–Crippen LogP) is 32.8. The first-order chi connectivity index (χ1) is 60.5. The Labute approximate surface area is 708 Å². The van der Waals surface area contributed by atoms with Crippen LogP contribution in [0.15, 0.2) is 473 Å². The largest absolute Gasteiger partial charge is 0.309 e. The molecule has 0 saturated carbocycles. The first-order valence-corrected chi connectivity index (χ1v) is 42.0. The molecule has 21 aromatic carbocycles. The van der Waals surface area contributed by atoms with Crippen molar-refractivity contribution >= 4 is 121 Å². The van der Waals surface area contributed by atoms with Gasteiger partial charge in [-0.25, -0.2) is 0 Å². The van der Waals surface area contributed by atoms with Crippen molar-refractivity contribution in [1.29, 1.82) is 0 Å². The predicted molar refractivity (Wildman–Crippen MR) is 518 cm³/mol. The quantitative estimate of drug-likeness (QED) is 0.0897. The molecule has 4 heteroatoms. The van der Waals surface area contributed by atoms with Crippen LogP contribution in [0.3, 0.4) is 0 Å². The third-order valence-corrected chi connectivity index (χ3v) is 24.8. The van der Waals surface area contributed by atoms with Crippen LogP contribution in [-0.4, -0.2) is 9.13 Å². The Balaban J connectivity index is 0.706. The summed E-state index contributed by atoms with van der Waals surface area (Å²) in [7, 11) is 0. The number of anilines is 6. The lowest BCUT2D eigenvalue weighted by Gasteiger charge is -2.30. The summed E-state index contributed by atoms with van der Waals surface area (Å²) in [5.41, 5.74) is 31.3. The molecule has 0 aliphatic heterocycles. The Bertz CT molecular complexity index is 7940. The summed E-state index contributed by atoms with van der Waals surface area (Å²) in [6, 6.07) is 175. The highest BCUT2D eigenvalue weighted by atomic mass is 15.2. The molecule has 0 atom stereocenters. The molecule has 122 heavy (non-hydrogen) atoms. The third-order valence-electron chi connectivity index (χ3n) is 24.8. The van der Waals surface area contributed by atoms with Crippen LogP contribution in [0.5, 0.6) is 0 Å². The van der Waals surface area contributed by atoms with E-state index in [1.54, 1.807) is 0 Å². The summed E-state index contributed by atoms with van der Waals surface area (Å²) in [6.07, 6.45) is 0. The molecule has 0 spiro atoms. The summed E-state index contributed by atoms with van der Waals surface area (Å²) in [6.45, 7) is 0. The molecule has 2 heterocycles. The maximum atomic E-state index is 2.51. The second-order valence-corrected chi connectivity index (χ2v) is 31.8. The first-order valence-electron chi connectivity index (χ1n) is 42.0.